The van der Waals surface area contributed by atoms with Crippen LogP contribution in [0.15, 0.2) is 35.3 Å². The third-order valence-electron chi connectivity index (χ3n) is 7.83. The van der Waals surface area contributed by atoms with Crippen LogP contribution < -0.4 is 5.69 Å². The summed E-state index contributed by atoms with van der Waals surface area (Å²) in [7, 11) is 0. The second-order valence-electron chi connectivity index (χ2n) is 10.9. The van der Waals surface area contributed by atoms with Crippen molar-refractivity contribution in [3.63, 3.8) is 0 Å². The van der Waals surface area contributed by atoms with Gasteiger partial charge in [0.15, 0.2) is 0 Å². The highest BCUT2D eigenvalue weighted by molar-refractivity contribution is 5.76. The molecule has 1 aliphatic rings. The molecule has 1 fully saturated rings. The van der Waals surface area contributed by atoms with Crippen LogP contribution in [0.2, 0.25) is 0 Å². The predicted octanol–water partition coefficient (Wildman–Crippen LogP) is 2.66. The predicted molar refractivity (Wildman–Crippen MR) is 152 cm³/mol. The Morgan fingerprint density at radius 1 is 1.05 bits per heavy atom. The molecule has 4 N–H and O–H groups in total. The zero-order valence-corrected chi connectivity index (χ0v) is 23.8. The lowest BCUT2D eigenvalue weighted by atomic mass is 9.92. The van der Waals surface area contributed by atoms with Gasteiger partial charge in [-0.05, 0) is 75.0 Å². The molecule has 0 bridgehead atoms. The van der Waals surface area contributed by atoms with Gasteiger partial charge in [-0.2, -0.15) is 0 Å². The van der Waals surface area contributed by atoms with Crippen molar-refractivity contribution in [2.75, 3.05) is 19.8 Å². The number of nitrogens with zero attached hydrogens (tertiary/aromatic N) is 5. The number of amides is 1. The number of likely N-dealkylation sites (tertiary alicyclic amines) is 1. The average Bonchev–Trinajstić information content (AvgIpc) is 3.56. The summed E-state index contributed by atoms with van der Waals surface area (Å²) in [5.74, 6) is -2.94. The Hall–Kier alpha value is -4.49. The van der Waals surface area contributed by atoms with Crippen LogP contribution in [0, 0.1) is 5.92 Å². The number of hydrogen-bond donors (Lipinski definition) is 4. The topological polar surface area (TPSA) is 184 Å². The molecule has 0 spiro atoms. The summed E-state index contributed by atoms with van der Waals surface area (Å²) in [5.41, 5.74) is 2.11. The number of hydrogen-bond acceptors (Lipinski definition) is 7. The molecule has 0 saturated carbocycles. The Morgan fingerprint density at radius 3 is 2.42 bits per heavy atom. The zero-order valence-electron chi connectivity index (χ0n) is 23.8. The number of carbonyl (C=O) groups is 3. The monoisotopic (exact) mass is 600 g/mol. The lowest BCUT2D eigenvalue weighted by Gasteiger charge is -2.32. The maximum absolute atomic E-state index is 12.8. The number of carbonyl (C=O) groups excluding carboxylic acids is 1. The van der Waals surface area contributed by atoms with E-state index in [0.717, 1.165) is 23.4 Å². The van der Waals surface area contributed by atoms with Crippen molar-refractivity contribution < 1.29 is 34.1 Å². The van der Waals surface area contributed by atoms with E-state index in [1.165, 1.54) is 0 Å². The molecule has 4 rings (SSSR count). The number of halogens is 1. The summed E-state index contributed by atoms with van der Waals surface area (Å²) in [6.45, 7) is 0.709. The minimum atomic E-state index is -1.49. The summed E-state index contributed by atoms with van der Waals surface area (Å²) >= 11 is 0. The molecular weight excluding hydrogens is 563 g/mol. The van der Waals surface area contributed by atoms with Gasteiger partial charge in [-0.1, -0.05) is 17.3 Å². The third-order valence-corrected chi connectivity index (χ3v) is 7.83. The minimum Gasteiger partial charge on any atom is -0.493 e. The van der Waals surface area contributed by atoms with Gasteiger partial charge >= 0.3 is 17.6 Å². The average molecular weight is 601 g/mol. The fraction of sp³-hybridized carbons (Fsp3) is 0.517. The van der Waals surface area contributed by atoms with Crippen molar-refractivity contribution in [1.82, 2.24) is 29.4 Å². The van der Waals surface area contributed by atoms with Gasteiger partial charge in [0.05, 0.1) is 29.9 Å². The van der Waals surface area contributed by atoms with Crippen molar-refractivity contribution in [3.05, 3.63) is 57.9 Å². The molecule has 0 aliphatic carbocycles. The van der Waals surface area contributed by atoms with E-state index in [2.05, 4.69) is 15.3 Å². The maximum atomic E-state index is 12.8. The molecule has 3 heterocycles. The Bertz CT molecular complexity index is 1460. The van der Waals surface area contributed by atoms with Crippen molar-refractivity contribution in [3.8, 4) is 11.6 Å². The molecule has 0 radical (unpaired) electrons. The number of aromatic nitrogens is 5. The van der Waals surface area contributed by atoms with Crippen LogP contribution in [0.1, 0.15) is 67.9 Å². The van der Waals surface area contributed by atoms with Gasteiger partial charge in [-0.15, -0.1) is 5.10 Å². The first kappa shape index (κ1) is 31.4. The first-order valence-corrected chi connectivity index (χ1v) is 14.5. The Labute approximate surface area is 246 Å². The van der Waals surface area contributed by atoms with E-state index in [1.807, 2.05) is 29.2 Å². The molecule has 43 heavy (non-hydrogen) atoms. The number of aryl methyl sites for hydroxylation is 2. The molecule has 2 aromatic heterocycles. The van der Waals surface area contributed by atoms with Gasteiger partial charge in [0.1, 0.15) is 6.04 Å². The number of alkyl halides is 1. The molecule has 13 nitrogen and oxygen atoms in total. The lowest BCUT2D eigenvalue weighted by molar-refractivity contribution is -0.142. The number of imidazole rings is 1. The Balaban J connectivity index is 1.22. The normalized spacial score (nSPS) is 14.6. The van der Waals surface area contributed by atoms with Crippen molar-refractivity contribution in [1.29, 1.82) is 0 Å². The minimum absolute atomic E-state index is 0.0728. The molecule has 14 heteroatoms. The van der Waals surface area contributed by atoms with Crippen LogP contribution in [0.5, 0.6) is 5.88 Å². The van der Waals surface area contributed by atoms with Gasteiger partial charge < -0.3 is 25.2 Å². The number of aromatic hydroxyl groups is 1. The molecule has 3 aromatic rings. The smallest absolute Gasteiger partial charge is 0.329 e. The molecular formula is C29H37FN6O7. The Kier molecular flexibility index (Phi) is 10.7. The molecule has 1 aromatic carbocycles. The number of nitrogens with one attached hydrogen (secondary N) is 1. The summed E-state index contributed by atoms with van der Waals surface area (Å²) in [5, 5.41) is 37.1. The van der Waals surface area contributed by atoms with E-state index in [-0.39, 0.29) is 30.6 Å². The second kappa shape index (κ2) is 14.6. The van der Waals surface area contributed by atoms with Gasteiger partial charge in [0.2, 0.25) is 11.8 Å². The van der Waals surface area contributed by atoms with Crippen LogP contribution in [0.4, 0.5) is 4.39 Å². The number of rotatable bonds is 15. The van der Waals surface area contributed by atoms with Gasteiger partial charge in [0, 0.05) is 25.9 Å². The van der Waals surface area contributed by atoms with Crippen LogP contribution in [-0.4, -0.2) is 82.4 Å². The summed E-state index contributed by atoms with van der Waals surface area (Å²) in [6.07, 6.45) is 5.46. The summed E-state index contributed by atoms with van der Waals surface area (Å²) in [4.78, 5) is 52.1. The van der Waals surface area contributed by atoms with E-state index in [0.29, 0.717) is 62.6 Å². The van der Waals surface area contributed by atoms with Gasteiger partial charge in [-0.25, -0.2) is 18.8 Å². The van der Waals surface area contributed by atoms with Gasteiger partial charge in [0.25, 0.3) is 0 Å². The van der Waals surface area contributed by atoms with Crippen molar-refractivity contribution >= 4 is 17.8 Å². The molecule has 232 valence electrons. The number of piperidine rings is 1. The first-order valence-electron chi connectivity index (χ1n) is 14.5. The SMILES string of the molecule is O=C(O)CCC(C(=O)O)n1c(O)c(CC2CCN(C(=O)CCCc3ccc(-n4cc(CCCF)nn4)cc3)CC2)[nH]c1=O. The van der Waals surface area contributed by atoms with Crippen LogP contribution >= 0.6 is 0 Å². The number of aromatic amines is 1. The number of carboxylic acid groups (broad SMARTS) is 2. The quantitative estimate of drug-likeness (QED) is 0.204. The molecule has 1 atom stereocenters. The highest BCUT2D eigenvalue weighted by Crippen LogP contribution is 2.28. The first-order chi connectivity index (χ1) is 20.7. The van der Waals surface area contributed by atoms with E-state index in [1.54, 1.807) is 10.9 Å². The number of aliphatic carboxylic acids is 2. The number of benzene rings is 1. The fourth-order valence-corrected chi connectivity index (χ4v) is 5.42. The molecule has 1 amide bonds. The largest absolute Gasteiger partial charge is 0.493 e. The maximum Gasteiger partial charge on any atom is 0.329 e. The van der Waals surface area contributed by atoms with Gasteiger partial charge in [-0.3, -0.25) is 14.0 Å². The third kappa shape index (κ3) is 8.30. The molecule has 1 aliphatic heterocycles. The van der Waals surface area contributed by atoms with E-state index in [4.69, 9.17) is 5.11 Å². The van der Waals surface area contributed by atoms with Crippen LogP contribution in [-0.2, 0) is 33.6 Å². The standard InChI is InChI=1S/C29H37FN6O7/c30-14-2-4-21-18-35(33-32-21)22-8-6-19(7-9-22)3-1-5-25(37)34-15-12-20(13-16-34)17-23-27(40)36(29(43)31-23)24(28(41)42)10-11-26(38)39/h6-9,18,20,24,40H,1-5,10-17H2,(H,31,43)(H,38,39)(H,41,42). The van der Waals surface area contributed by atoms with Crippen LogP contribution in [0.3, 0.4) is 0 Å². The van der Waals surface area contributed by atoms with E-state index in [9.17, 15) is 33.8 Å². The lowest BCUT2D eigenvalue weighted by Crippen LogP contribution is -2.38. The zero-order chi connectivity index (χ0) is 30.9. The highest BCUT2D eigenvalue weighted by atomic mass is 19.1. The Morgan fingerprint density at radius 2 is 1.77 bits per heavy atom. The summed E-state index contributed by atoms with van der Waals surface area (Å²) < 4.78 is 14.7. The molecule has 1 saturated heterocycles. The summed E-state index contributed by atoms with van der Waals surface area (Å²) in [6, 6.07) is 6.37. The van der Waals surface area contributed by atoms with Crippen molar-refractivity contribution in [2.24, 2.45) is 5.92 Å². The van der Waals surface area contributed by atoms with Crippen molar-refractivity contribution in [2.45, 2.75) is 70.3 Å². The second-order valence-corrected chi connectivity index (χ2v) is 10.9. The number of H-pyrrole nitrogens is 1. The van der Waals surface area contributed by atoms with E-state index >= 15 is 0 Å². The highest BCUT2D eigenvalue weighted by Gasteiger charge is 2.29. The van der Waals surface area contributed by atoms with E-state index < -0.39 is 36.0 Å². The fourth-order valence-electron chi connectivity index (χ4n) is 5.42. The molecule has 1 unspecified atom stereocenters. The number of carboxylic acids is 2. The van der Waals surface area contributed by atoms with Crippen LogP contribution in [0.25, 0.3) is 5.69 Å².